The molecule has 9 heteroatoms. The van der Waals surface area contributed by atoms with Gasteiger partial charge in [0.2, 0.25) is 0 Å². The van der Waals surface area contributed by atoms with Crippen molar-refractivity contribution in [3.8, 4) is 0 Å². The quantitative estimate of drug-likeness (QED) is 0.723. The molecule has 1 aromatic rings. The number of hydrogen-bond donors (Lipinski definition) is 2. The molecule has 0 radical (unpaired) electrons. The lowest BCUT2D eigenvalue weighted by Crippen LogP contribution is -2.15. The van der Waals surface area contributed by atoms with Gasteiger partial charge in [0.05, 0.1) is 17.3 Å². The maximum Gasteiger partial charge on any atom is 0.397 e. The molecule has 0 aliphatic rings. The Morgan fingerprint density at radius 1 is 1.15 bits per heavy atom. The molecule has 20 heavy (non-hydrogen) atoms. The summed E-state index contributed by atoms with van der Waals surface area (Å²) < 4.78 is 56.8. The standard InChI is InChI=1S/C11H17NO6S2/c1-9(2)12-10-3-5-11(6-4-10)19(13,14)8-7-18-20(15,16)17/h3-6,9,12H,7-8H2,1-2H3,(H,15,16,17). The molecule has 0 heterocycles. The number of benzene rings is 1. The van der Waals surface area contributed by atoms with Gasteiger partial charge >= 0.3 is 10.4 Å². The summed E-state index contributed by atoms with van der Waals surface area (Å²) in [4.78, 5) is 0.0609. The summed E-state index contributed by atoms with van der Waals surface area (Å²) in [5.41, 5.74) is 0.785. The minimum Gasteiger partial charge on any atom is -0.383 e. The van der Waals surface area contributed by atoms with Crippen molar-refractivity contribution in [3.05, 3.63) is 24.3 Å². The molecule has 0 saturated carbocycles. The fraction of sp³-hybridized carbons (Fsp3) is 0.455. The first-order chi connectivity index (χ1) is 9.10. The average Bonchev–Trinajstić information content (AvgIpc) is 2.26. The molecule has 0 atom stereocenters. The maximum atomic E-state index is 11.9. The monoisotopic (exact) mass is 323 g/mol. The molecule has 1 rings (SSSR count). The molecule has 0 amide bonds. The zero-order valence-electron chi connectivity index (χ0n) is 11.1. The highest BCUT2D eigenvalue weighted by atomic mass is 32.3. The first-order valence-electron chi connectivity index (χ1n) is 5.81. The molecule has 0 unspecified atom stereocenters. The molecular weight excluding hydrogens is 306 g/mol. The molecule has 0 aliphatic carbocycles. The number of sulfone groups is 1. The Kier molecular flexibility index (Phi) is 5.51. The van der Waals surface area contributed by atoms with Crippen LogP contribution in [-0.2, 0) is 24.4 Å². The van der Waals surface area contributed by atoms with Crippen molar-refractivity contribution in [1.82, 2.24) is 0 Å². The molecule has 0 aliphatic heterocycles. The summed E-state index contributed by atoms with van der Waals surface area (Å²) in [6.45, 7) is 3.28. The largest absolute Gasteiger partial charge is 0.397 e. The second kappa shape index (κ2) is 6.53. The molecule has 0 aromatic heterocycles. The predicted molar refractivity (Wildman–Crippen MR) is 74.8 cm³/mol. The molecule has 0 bridgehead atoms. The third-order valence-electron chi connectivity index (χ3n) is 2.25. The lowest BCUT2D eigenvalue weighted by atomic mass is 10.3. The van der Waals surface area contributed by atoms with Crippen LogP contribution in [0, 0.1) is 0 Å². The lowest BCUT2D eigenvalue weighted by Gasteiger charge is -2.10. The van der Waals surface area contributed by atoms with E-state index in [1.807, 2.05) is 13.8 Å². The van der Waals surface area contributed by atoms with Gasteiger partial charge in [0.1, 0.15) is 0 Å². The van der Waals surface area contributed by atoms with E-state index < -0.39 is 32.6 Å². The second-order valence-electron chi connectivity index (χ2n) is 4.39. The minimum absolute atomic E-state index is 0.0609. The summed E-state index contributed by atoms with van der Waals surface area (Å²) in [5.74, 6) is -0.538. The minimum atomic E-state index is -4.62. The molecule has 0 fully saturated rings. The molecule has 2 N–H and O–H groups in total. The van der Waals surface area contributed by atoms with E-state index in [-0.39, 0.29) is 10.9 Å². The second-order valence-corrected chi connectivity index (χ2v) is 7.59. The van der Waals surface area contributed by atoms with E-state index in [0.29, 0.717) is 0 Å². The highest BCUT2D eigenvalue weighted by Crippen LogP contribution is 2.16. The van der Waals surface area contributed by atoms with Gasteiger partial charge in [0, 0.05) is 11.7 Å². The van der Waals surface area contributed by atoms with Crippen molar-refractivity contribution >= 4 is 25.9 Å². The van der Waals surface area contributed by atoms with Gasteiger partial charge in [-0.2, -0.15) is 8.42 Å². The fourth-order valence-electron chi connectivity index (χ4n) is 1.46. The molecule has 114 valence electrons. The Hall–Kier alpha value is -1.16. The summed E-state index contributed by atoms with van der Waals surface area (Å²) >= 11 is 0. The van der Waals surface area contributed by atoms with E-state index in [4.69, 9.17) is 4.55 Å². The highest BCUT2D eigenvalue weighted by molar-refractivity contribution is 7.91. The van der Waals surface area contributed by atoms with Crippen LogP contribution in [0.4, 0.5) is 5.69 Å². The average molecular weight is 323 g/mol. The van der Waals surface area contributed by atoms with Gasteiger partial charge < -0.3 is 5.32 Å². The Balaban J connectivity index is 2.73. The van der Waals surface area contributed by atoms with Gasteiger partial charge in [-0.3, -0.25) is 4.55 Å². The van der Waals surface area contributed by atoms with Crippen LogP contribution in [-0.4, -0.2) is 39.8 Å². The summed E-state index contributed by atoms with van der Waals surface area (Å²) in [6.07, 6.45) is 0. The third-order valence-corrected chi connectivity index (χ3v) is 4.41. The smallest absolute Gasteiger partial charge is 0.383 e. The van der Waals surface area contributed by atoms with Crippen molar-refractivity contribution < 1.29 is 25.6 Å². The summed E-state index contributed by atoms with van der Waals surface area (Å²) in [5, 5.41) is 3.11. The van der Waals surface area contributed by atoms with Crippen LogP contribution < -0.4 is 5.32 Å². The van der Waals surface area contributed by atoms with Crippen LogP contribution >= 0.6 is 0 Å². The van der Waals surface area contributed by atoms with E-state index in [1.54, 1.807) is 12.1 Å². The zero-order chi connectivity index (χ0) is 15.4. The number of rotatable bonds is 7. The molecule has 7 nitrogen and oxygen atoms in total. The molecule has 0 spiro atoms. The van der Waals surface area contributed by atoms with Crippen LogP contribution in [0.3, 0.4) is 0 Å². The number of nitrogens with one attached hydrogen (secondary N) is 1. The Bertz CT molecular complexity index is 634. The zero-order valence-corrected chi connectivity index (χ0v) is 12.7. The maximum absolute atomic E-state index is 11.9. The Labute approximate surface area is 118 Å². The van der Waals surface area contributed by atoms with Crippen LogP contribution in [0.1, 0.15) is 13.8 Å². The van der Waals surface area contributed by atoms with Crippen molar-refractivity contribution in [2.24, 2.45) is 0 Å². The van der Waals surface area contributed by atoms with Gasteiger partial charge in [0.15, 0.2) is 9.84 Å². The highest BCUT2D eigenvalue weighted by Gasteiger charge is 2.16. The summed E-state index contributed by atoms with van der Waals surface area (Å²) in [7, 11) is -8.28. The van der Waals surface area contributed by atoms with E-state index in [2.05, 4.69) is 9.50 Å². The van der Waals surface area contributed by atoms with Crippen molar-refractivity contribution in [1.29, 1.82) is 0 Å². The SMILES string of the molecule is CC(C)Nc1ccc(S(=O)(=O)CCOS(=O)(=O)O)cc1. The Morgan fingerprint density at radius 2 is 1.70 bits per heavy atom. The van der Waals surface area contributed by atoms with Crippen molar-refractivity contribution in [2.45, 2.75) is 24.8 Å². The molecule has 0 saturated heterocycles. The fourth-order valence-corrected chi connectivity index (χ4v) is 2.95. The van der Waals surface area contributed by atoms with Gasteiger partial charge in [-0.05, 0) is 38.1 Å². The van der Waals surface area contributed by atoms with Gasteiger partial charge in [0.25, 0.3) is 0 Å². The van der Waals surface area contributed by atoms with Crippen molar-refractivity contribution in [3.63, 3.8) is 0 Å². The van der Waals surface area contributed by atoms with E-state index in [9.17, 15) is 16.8 Å². The molecular formula is C11H17NO6S2. The van der Waals surface area contributed by atoms with Crippen LogP contribution in [0.2, 0.25) is 0 Å². The first kappa shape index (κ1) is 16.9. The molecule has 1 aromatic carbocycles. The van der Waals surface area contributed by atoms with Crippen LogP contribution in [0.15, 0.2) is 29.2 Å². The number of anilines is 1. The summed E-state index contributed by atoms with van der Waals surface area (Å²) in [6, 6.07) is 6.31. The lowest BCUT2D eigenvalue weighted by molar-refractivity contribution is 0.284. The topological polar surface area (TPSA) is 110 Å². The predicted octanol–water partition coefficient (Wildman–Crippen LogP) is 1.10. The van der Waals surface area contributed by atoms with Crippen LogP contribution in [0.5, 0.6) is 0 Å². The number of hydrogen-bond acceptors (Lipinski definition) is 6. The van der Waals surface area contributed by atoms with E-state index in [0.717, 1.165) is 5.69 Å². The van der Waals surface area contributed by atoms with E-state index >= 15 is 0 Å². The van der Waals surface area contributed by atoms with Gasteiger partial charge in [-0.15, -0.1) is 0 Å². The third kappa shape index (κ3) is 5.87. The van der Waals surface area contributed by atoms with E-state index in [1.165, 1.54) is 12.1 Å². The van der Waals surface area contributed by atoms with Gasteiger partial charge in [-0.25, -0.2) is 12.6 Å². The normalized spacial score (nSPS) is 12.6. The first-order valence-corrected chi connectivity index (χ1v) is 8.83. The van der Waals surface area contributed by atoms with Gasteiger partial charge in [-0.1, -0.05) is 0 Å². The Morgan fingerprint density at radius 3 is 2.15 bits per heavy atom. The van der Waals surface area contributed by atoms with Crippen molar-refractivity contribution in [2.75, 3.05) is 17.7 Å². The van der Waals surface area contributed by atoms with Crippen LogP contribution in [0.25, 0.3) is 0 Å².